The summed E-state index contributed by atoms with van der Waals surface area (Å²) in [6.45, 7) is 1.87. The molecule has 2 aromatic carbocycles. The third-order valence-corrected chi connectivity index (χ3v) is 3.99. The summed E-state index contributed by atoms with van der Waals surface area (Å²) in [7, 11) is 0. The molecule has 6 heteroatoms. The Morgan fingerprint density at radius 1 is 1.24 bits per heavy atom. The number of carbonyl (C=O) groups is 1. The van der Waals surface area contributed by atoms with Gasteiger partial charge in [0.25, 0.3) is 11.6 Å². The van der Waals surface area contributed by atoms with Crippen LogP contribution < -0.4 is 5.32 Å². The van der Waals surface area contributed by atoms with E-state index in [1.165, 1.54) is 12.1 Å². The van der Waals surface area contributed by atoms with Crippen LogP contribution in [0.3, 0.4) is 0 Å². The van der Waals surface area contributed by atoms with E-state index in [1.807, 2.05) is 59.8 Å². The first-order chi connectivity index (χ1) is 9.99. The third kappa shape index (κ3) is 3.78. The molecule has 0 aliphatic rings. The number of hydrogen-bond donors (Lipinski definition) is 1. The van der Waals surface area contributed by atoms with Gasteiger partial charge in [0.15, 0.2) is 0 Å². The summed E-state index contributed by atoms with van der Waals surface area (Å²) in [5, 5.41) is 13.7. The van der Waals surface area contributed by atoms with Crippen molar-refractivity contribution in [2.24, 2.45) is 0 Å². The summed E-state index contributed by atoms with van der Waals surface area (Å²) in [6.07, 6.45) is 0. The van der Waals surface area contributed by atoms with Crippen molar-refractivity contribution >= 4 is 34.2 Å². The van der Waals surface area contributed by atoms with Gasteiger partial charge in [-0.1, -0.05) is 30.3 Å². The van der Waals surface area contributed by atoms with Crippen LogP contribution in [0.5, 0.6) is 0 Å². The van der Waals surface area contributed by atoms with Crippen molar-refractivity contribution in [1.82, 2.24) is 5.32 Å². The van der Waals surface area contributed by atoms with E-state index in [4.69, 9.17) is 0 Å². The van der Waals surface area contributed by atoms with Gasteiger partial charge in [-0.2, -0.15) is 0 Å². The molecule has 2 rings (SSSR count). The Kier molecular flexibility index (Phi) is 4.89. The molecule has 0 saturated heterocycles. The van der Waals surface area contributed by atoms with Crippen LogP contribution in [0.1, 0.15) is 28.9 Å². The smallest absolute Gasteiger partial charge is 0.270 e. The molecule has 0 bridgehead atoms. The fraction of sp³-hybridized carbons (Fsp3) is 0.133. The number of hydrogen-bond acceptors (Lipinski definition) is 3. The Balaban J connectivity index is 2.21. The van der Waals surface area contributed by atoms with Crippen molar-refractivity contribution in [2.45, 2.75) is 13.0 Å². The first-order valence-corrected chi connectivity index (χ1v) is 7.36. The Bertz CT molecular complexity index is 674. The quantitative estimate of drug-likeness (QED) is 0.487. The van der Waals surface area contributed by atoms with E-state index >= 15 is 0 Å². The van der Waals surface area contributed by atoms with E-state index in [1.54, 1.807) is 6.07 Å². The average molecular weight is 396 g/mol. The summed E-state index contributed by atoms with van der Waals surface area (Å²) >= 11 is 1.99. The predicted octanol–water partition coefficient (Wildman–Crippen LogP) is 3.69. The van der Waals surface area contributed by atoms with Crippen molar-refractivity contribution in [3.05, 3.63) is 73.3 Å². The third-order valence-electron chi connectivity index (χ3n) is 3.05. The highest BCUT2D eigenvalue weighted by Gasteiger charge is 2.17. The molecule has 1 N–H and O–H groups in total. The molecule has 0 spiro atoms. The van der Waals surface area contributed by atoms with E-state index in [-0.39, 0.29) is 17.6 Å². The zero-order valence-corrected chi connectivity index (χ0v) is 13.4. The summed E-state index contributed by atoms with van der Waals surface area (Å²) in [4.78, 5) is 22.6. The molecule has 1 amide bonds. The Labute approximate surface area is 135 Å². The molecule has 0 saturated carbocycles. The average Bonchev–Trinajstić information content (AvgIpc) is 2.48. The number of nitro benzene ring substituents is 1. The van der Waals surface area contributed by atoms with Crippen LogP contribution in [0, 0.1) is 13.7 Å². The van der Waals surface area contributed by atoms with E-state index in [0.29, 0.717) is 9.13 Å². The maximum Gasteiger partial charge on any atom is 0.270 e. The number of nitro groups is 1. The molecular weight excluding hydrogens is 383 g/mol. The van der Waals surface area contributed by atoms with Gasteiger partial charge in [-0.05, 0) is 41.1 Å². The van der Waals surface area contributed by atoms with E-state index < -0.39 is 4.92 Å². The molecule has 0 fully saturated rings. The van der Waals surface area contributed by atoms with Crippen LogP contribution >= 0.6 is 22.6 Å². The van der Waals surface area contributed by atoms with Gasteiger partial charge in [-0.15, -0.1) is 0 Å². The van der Waals surface area contributed by atoms with Gasteiger partial charge in [0.05, 0.1) is 16.5 Å². The Hall–Kier alpha value is -1.96. The molecule has 1 unspecified atom stereocenters. The molecule has 0 heterocycles. The molecule has 21 heavy (non-hydrogen) atoms. The number of amides is 1. The first-order valence-electron chi connectivity index (χ1n) is 6.29. The molecule has 2 aromatic rings. The highest BCUT2D eigenvalue weighted by molar-refractivity contribution is 14.1. The number of halogens is 1. The number of rotatable bonds is 4. The monoisotopic (exact) mass is 396 g/mol. The van der Waals surface area contributed by atoms with Crippen molar-refractivity contribution in [3.63, 3.8) is 0 Å². The van der Waals surface area contributed by atoms with Crippen molar-refractivity contribution in [2.75, 3.05) is 0 Å². The lowest BCUT2D eigenvalue weighted by molar-refractivity contribution is -0.384. The van der Waals surface area contributed by atoms with Crippen LogP contribution in [0.15, 0.2) is 48.5 Å². The van der Waals surface area contributed by atoms with Crippen LogP contribution in [-0.2, 0) is 0 Å². The summed E-state index contributed by atoms with van der Waals surface area (Å²) in [5.41, 5.74) is 1.20. The Morgan fingerprint density at radius 2 is 1.90 bits per heavy atom. The van der Waals surface area contributed by atoms with E-state index in [0.717, 1.165) is 5.56 Å². The normalized spacial score (nSPS) is 11.7. The lowest BCUT2D eigenvalue weighted by atomic mass is 10.1. The van der Waals surface area contributed by atoms with Crippen LogP contribution in [-0.4, -0.2) is 10.8 Å². The fourth-order valence-electron chi connectivity index (χ4n) is 1.90. The SMILES string of the molecule is CC(NC(=O)c1cc([N+](=O)[O-])ccc1I)c1ccccc1. The zero-order chi connectivity index (χ0) is 15.4. The van der Waals surface area contributed by atoms with Crippen LogP contribution in [0.25, 0.3) is 0 Å². The Morgan fingerprint density at radius 3 is 2.52 bits per heavy atom. The minimum absolute atomic E-state index is 0.0899. The van der Waals surface area contributed by atoms with Gasteiger partial charge in [-0.3, -0.25) is 14.9 Å². The topological polar surface area (TPSA) is 72.2 Å². The van der Waals surface area contributed by atoms with Crippen molar-refractivity contribution in [3.8, 4) is 0 Å². The van der Waals surface area contributed by atoms with E-state index in [2.05, 4.69) is 5.32 Å². The molecule has 0 aliphatic carbocycles. The van der Waals surface area contributed by atoms with Gasteiger partial charge >= 0.3 is 0 Å². The largest absolute Gasteiger partial charge is 0.345 e. The number of nitrogens with zero attached hydrogens (tertiary/aromatic N) is 1. The highest BCUT2D eigenvalue weighted by atomic mass is 127. The van der Waals surface area contributed by atoms with Gasteiger partial charge in [0.2, 0.25) is 0 Å². The van der Waals surface area contributed by atoms with Gasteiger partial charge in [-0.25, -0.2) is 0 Å². The van der Waals surface area contributed by atoms with Crippen LogP contribution in [0.4, 0.5) is 5.69 Å². The summed E-state index contributed by atoms with van der Waals surface area (Å²) in [5.74, 6) is -0.320. The summed E-state index contributed by atoms with van der Waals surface area (Å²) < 4.78 is 0.677. The predicted molar refractivity (Wildman–Crippen MR) is 88.1 cm³/mol. The lowest BCUT2D eigenvalue weighted by Gasteiger charge is -2.14. The maximum absolute atomic E-state index is 12.3. The standard InChI is InChI=1S/C15H13IN2O3/c1-10(11-5-3-2-4-6-11)17-15(19)13-9-12(18(20)21)7-8-14(13)16/h2-10H,1H3,(H,17,19). The second-order valence-corrected chi connectivity index (χ2v) is 5.69. The molecule has 5 nitrogen and oxygen atoms in total. The zero-order valence-electron chi connectivity index (χ0n) is 11.2. The van der Waals surface area contributed by atoms with E-state index in [9.17, 15) is 14.9 Å². The van der Waals surface area contributed by atoms with Crippen LogP contribution in [0.2, 0.25) is 0 Å². The second-order valence-electron chi connectivity index (χ2n) is 4.53. The molecule has 0 aromatic heterocycles. The molecule has 108 valence electrons. The number of carbonyl (C=O) groups excluding carboxylic acids is 1. The highest BCUT2D eigenvalue weighted by Crippen LogP contribution is 2.20. The molecule has 1 atom stereocenters. The number of nitrogens with one attached hydrogen (secondary N) is 1. The first kappa shape index (κ1) is 15.4. The number of benzene rings is 2. The summed E-state index contributed by atoms with van der Waals surface area (Å²) in [6, 6.07) is 13.6. The second kappa shape index (κ2) is 6.66. The van der Waals surface area contributed by atoms with Crippen molar-refractivity contribution in [1.29, 1.82) is 0 Å². The minimum atomic E-state index is -0.506. The minimum Gasteiger partial charge on any atom is -0.345 e. The van der Waals surface area contributed by atoms with Crippen molar-refractivity contribution < 1.29 is 9.72 Å². The molecule has 0 radical (unpaired) electrons. The van der Waals surface area contributed by atoms with Gasteiger partial charge in [0, 0.05) is 15.7 Å². The van der Waals surface area contributed by atoms with Gasteiger partial charge in [0.1, 0.15) is 0 Å². The van der Waals surface area contributed by atoms with Gasteiger partial charge < -0.3 is 5.32 Å². The molecular formula is C15H13IN2O3. The number of non-ortho nitro benzene ring substituents is 1. The maximum atomic E-state index is 12.3. The fourth-order valence-corrected chi connectivity index (χ4v) is 2.48. The molecule has 0 aliphatic heterocycles. The lowest BCUT2D eigenvalue weighted by Crippen LogP contribution is -2.27.